The van der Waals surface area contributed by atoms with Crippen molar-refractivity contribution < 1.29 is 4.74 Å². The van der Waals surface area contributed by atoms with Crippen molar-refractivity contribution in [2.24, 2.45) is 11.8 Å². The fourth-order valence-electron chi connectivity index (χ4n) is 7.26. The Morgan fingerprint density at radius 1 is 0.946 bits per heavy atom. The third-order valence-electron chi connectivity index (χ3n) is 9.06. The minimum atomic E-state index is 0.335. The number of hydrogen-bond acceptors (Lipinski definition) is 6. The van der Waals surface area contributed by atoms with Gasteiger partial charge in [0, 0.05) is 37.6 Å². The van der Waals surface area contributed by atoms with E-state index in [0.717, 1.165) is 60.9 Å². The number of aryl methyl sites for hydroxylation is 2. The molecule has 3 saturated heterocycles. The molecule has 4 aromatic rings. The summed E-state index contributed by atoms with van der Waals surface area (Å²) in [7, 11) is 0. The van der Waals surface area contributed by atoms with Gasteiger partial charge in [-0.15, -0.1) is 0 Å². The maximum Gasteiger partial charge on any atom is 0.159 e. The fourth-order valence-corrected chi connectivity index (χ4v) is 7.26. The summed E-state index contributed by atoms with van der Waals surface area (Å²) >= 11 is 0. The molecule has 1 aliphatic carbocycles. The van der Waals surface area contributed by atoms with Crippen LogP contribution in [0.25, 0.3) is 16.7 Å². The minimum Gasteiger partial charge on any atom is -0.374 e. The van der Waals surface area contributed by atoms with Crippen LogP contribution in [0.4, 0.5) is 5.82 Å². The van der Waals surface area contributed by atoms with Crippen LogP contribution in [0.3, 0.4) is 0 Å². The summed E-state index contributed by atoms with van der Waals surface area (Å²) in [5.41, 5.74) is 5.43. The van der Waals surface area contributed by atoms with Crippen molar-refractivity contribution in [2.75, 3.05) is 31.1 Å². The largest absolute Gasteiger partial charge is 0.374 e. The molecule has 4 aliphatic rings. The first-order chi connectivity index (χ1) is 18.1. The molecule has 0 N–H and O–H groups in total. The number of fused-ring (bicyclic) bond motifs is 4. The first-order valence-corrected chi connectivity index (χ1v) is 13.6. The van der Waals surface area contributed by atoms with Crippen molar-refractivity contribution in [1.29, 1.82) is 0 Å². The number of morpholine rings is 1. The van der Waals surface area contributed by atoms with Crippen molar-refractivity contribution in [2.45, 2.75) is 44.9 Å². The molecule has 0 amide bonds. The number of benzene rings is 2. The summed E-state index contributed by atoms with van der Waals surface area (Å²) in [6.07, 6.45) is 3.41. The van der Waals surface area contributed by atoms with Gasteiger partial charge in [0.15, 0.2) is 5.82 Å². The van der Waals surface area contributed by atoms with Crippen LogP contribution < -0.4 is 4.90 Å². The molecule has 7 heteroatoms. The standard InChI is InChI=1S/C30H32N6O/c1-18-8-21-12-31-36(29-11-28(32-19(2)33-29)35-14-23-9-22(35)17-37-23)27(21)10-24(18)30-25-15-34(16-26(25)30)13-20-6-4-3-5-7-20/h3-8,10-12,22-23,25-26,30H,9,13-17H2,1-2H3/t22-,23-,25?,26?,30?/m1/s1. The average Bonchev–Trinajstić information content (AvgIpc) is 3.45. The predicted octanol–water partition coefficient (Wildman–Crippen LogP) is 4.26. The molecule has 0 spiro atoms. The quantitative estimate of drug-likeness (QED) is 0.415. The van der Waals surface area contributed by atoms with E-state index < -0.39 is 0 Å². The van der Waals surface area contributed by atoms with E-state index in [1.54, 1.807) is 0 Å². The van der Waals surface area contributed by atoms with Gasteiger partial charge in [-0.3, -0.25) is 4.90 Å². The lowest BCUT2D eigenvalue weighted by atomic mass is 9.99. The SMILES string of the molecule is Cc1nc(N2C[C@H]3C[C@@H]2CO3)cc(-n2ncc3cc(C)c(C4C5CN(Cc6ccccc6)CC54)cc32)n1. The molecule has 4 fully saturated rings. The second-order valence-corrected chi connectivity index (χ2v) is 11.5. The van der Waals surface area contributed by atoms with Gasteiger partial charge in [0.25, 0.3) is 0 Å². The summed E-state index contributed by atoms with van der Waals surface area (Å²) in [5.74, 6) is 4.80. The molecule has 37 heavy (non-hydrogen) atoms. The van der Waals surface area contributed by atoms with E-state index in [4.69, 9.17) is 19.8 Å². The minimum absolute atomic E-state index is 0.335. The normalized spacial score (nSPS) is 28.4. The van der Waals surface area contributed by atoms with Gasteiger partial charge in [-0.05, 0) is 66.8 Å². The Kier molecular flexibility index (Phi) is 4.77. The van der Waals surface area contributed by atoms with E-state index in [-0.39, 0.29) is 0 Å². The number of anilines is 1. The molecule has 3 aliphatic heterocycles. The van der Waals surface area contributed by atoms with E-state index in [1.807, 2.05) is 17.8 Å². The highest BCUT2D eigenvalue weighted by molar-refractivity contribution is 5.82. The fraction of sp³-hybridized carbons (Fsp3) is 0.433. The molecule has 8 rings (SSSR count). The second kappa shape index (κ2) is 8.10. The number of ether oxygens (including phenoxy) is 1. The van der Waals surface area contributed by atoms with E-state index in [9.17, 15) is 0 Å². The van der Waals surface area contributed by atoms with E-state index in [0.29, 0.717) is 18.1 Å². The maximum atomic E-state index is 5.81. The zero-order valence-electron chi connectivity index (χ0n) is 21.4. The summed E-state index contributed by atoms with van der Waals surface area (Å²) in [6, 6.07) is 18.1. The van der Waals surface area contributed by atoms with Gasteiger partial charge in [0.05, 0.1) is 30.5 Å². The van der Waals surface area contributed by atoms with Crippen LogP contribution in [0, 0.1) is 25.7 Å². The van der Waals surface area contributed by atoms with Crippen LogP contribution in [0.1, 0.15) is 34.9 Å². The van der Waals surface area contributed by atoms with Crippen LogP contribution in [0.15, 0.2) is 54.7 Å². The van der Waals surface area contributed by atoms with E-state index in [1.165, 1.54) is 35.2 Å². The first-order valence-electron chi connectivity index (χ1n) is 13.6. The molecule has 0 radical (unpaired) electrons. The van der Waals surface area contributed by atoms with Crippen LogP contribution in [0.5, 0.6) is 0 Å². The summed E-state index contributed by atoms with van der Waals surface area (Å²) < 4.78 is 7.82. The number of hydrogen-bond donors (Lipinski definition) is 0. The Morgan fingerprint density at radius 3 is 2.51 bits per heavy atom. The van der Waals surface area contributed by atoms with Crippen LogP contribution in [0.2, 0.25) is 0 Å². The number of aromatic nitrogens is 4. The van der Waals surface area contributed by atoms with Crippen LogP contribution >= 0.6 is 0 Å². The van der Waals surface area contributed by atoms with Crippen molar-refractivity contribution in [3.8, 4) is 5.82 Å². The number of piperidine rings is 1. The molecule has 188 valence electrons. The zero-order valence-corrected chi connectivity index (χ0v) is 21.4. The number of likely N-dealkylation sites (tertiary alicyclic amines) is 1. The van der Waals surface area contributed by atoms with Crippen molar-refractivity contribution >= 4 is 16.7 Å². The topological polar surface area (TPSA) is 59.3 Å². The highest BCUT2D eigenvalue weighted by Crippen LogP contribution is 2.59. The zero-order chi connectivity index (χ0) is 24.7. The lowest BCUT2D eigenvalue weighted by Crippen LogP contribution is -2.37. The molecule has 1 saturated carbocycles. The molecule has 2 bridgehead atoms. The number of nitrogens with zero attached hydrogens (tertiary/aromatic N) is 6. The Balaban J connectivity index is 1.08. The monoisotopic (exact) mass is 492 g/mol. The third kappa shape index (κ3) is 3.59. The number of rotatable bonds is 5. The molecule has 2 aromatic carbocycles. The molecule has 2 aromatic heterocycles. The highest BCUT2D eigenvalue weighted by atomic mass is 16.5. The Labute approximate surface area is 217 Å². The van der Waals surface area contributed by atoms with Gasteiger partial charge >= 0.3 is 0 Å². The Hall–Kier alpha value is -3.29. The van der Waals surface area contributed by atoms with Crippen LogP contribution in [-0.4, -0.2) is 63.0 Å². The maximum absolute atomic E-state index is 5.81. The van der Waals surface area contributed by atoms with Gasteiger partial charge in [0.2, 0.25) is 0 Å². The van der Waals surface area contributed by atoms with Gasteiger partial charge < -0.3 is 9.64 Å². The second-order valence-electron chi connectivity index (χ2n) is 11.5. The van der Waals surface area contributed by atoms with Gasteiger partial charge in [-0.2, -0.15) is 5.10 Å². The smallest absolute Gasteiger partial charge is 0.159 e. The first kappa shape index (κ1) is 21.8. The van der Waals surface area contributed by atoms with Crippen molar-refractivity contribution in [1.82, 2.24) is 24.6 Å². The van der Waals surface area contributed by atoms with Crippen LogP contribution in [-0.2, 0) is 11.3 Å². The van der Waals surface area contributed by atoms with Gasteiger partial charge in [-0.1, -0.05) is 30.3 Å². The lowest BCUT2D eigenvalue weighted by molar-refractivity contribution is 0.0988. The summed E-state index contributed by atoms with van der Waals surface area (Å²) in [6.45, 7) is 9.39. The molecule has 4 atom stereocenters. The summed E-state index contributed by atoms with van der Waals surface area (Å²) in [5, 5.41) is 5.96. The van der Waals surface area contributed by atoms with E-state index >= 15 is 0 Å². The highest BCUT2D eigenvalue weighted by Gasteiger charge is 2.56. The van der Waals surface area contributed by atoms with E-state index in [2.05, 4.69) is 65.3 Å². The van der Waals surface area contributed by atoms with Gasteiger partial charge in [-0.25, -0.2) is 14.6 Å². The Morgan fingerprint density at radius 2 is 1.76 bits per heavy atom. The molecule has 5 heterocycles. The third-order valence-corrected chi connectivity index (χ3v) is 9.06. The summed E-state index contributed by atoms with van der Waals surface area (Å²) in [4.78, 5) is 14.6. The molecule has 7 nitrogen and oxygen atoms in total. The molecule has 2 unspecified atom stereocenters. The lowest BCUT2D eigenvalue weighted by Gasteiger charge is -2.28. The predicted molar refractivity (Wildman–Crippen MR) is 143 cm³/mol. The van der Waals surface area contributed by atoms with Crippen molar-refractivity contribution in [3.63, 3.8) is 0 Å². The van der Waals surface area contributed by atoms with Crippen molar-refractivity contribution in [3.05, 3.63) is 77.2 Å². The average molecular weight is 493 g/mol. The Bertz CT molecular complexity index is 1490. The molecular formula is C30H32N6O. The van der Waals surface area contributed by atoms with Gasteiger partial charge in [0.1, 0.15) is 11.6 Å². The molecular weight excluding hydrogens is 460 g/mol.